The highest BCUT2D eigenvalue weighted by molar-refractivity contribution is 9.10. The first-order valence-electron chi connectivity index (χ1n) is 4.51. The predicted molar refractivity (Wildman–Crippen MR) is 59.4 cm³/mol. The average molecular weight is 258 g/mol. The zero-order chi connectivity index (χ0) is 9.97. The first kappa shape index (κ1) is 9.73. The van der Waals surface area contributed by atoms with Gasteiger partial charge in [-0.15, -0.1) is 0 Å². The van der Waals surface area contributed by atoms with Gasteiger partial charge in [-0.05, 0) is 22.0 Å². The number of anilines is 2. The number of nitrogens with two attached hydrogens (primary N) is 1. The number of ether oxygens (including phenoxy) is 1. The van der Waals surface area contributed by atoms with Crippen molar-refractivity contribution in [3.8, 4) is 0 Å². The fraction of sp³-hybridized carbons (Fsp3) is 0.444. The van der Waals surface area contributed by atoms with Gasteiger partial charge in [0.15, 0.2) is 0 Å². The Labute approximate surface area is 91.2 Å². The molecule has 1 aliphatic rings. The summed E-state index contributed by atoms with van der Waals surface area (Å²) in [6.45, 7) is 3.29. The zero-order valence-corrected chi connectivity index (χ0v) is 9.33. The monoisotopic (exact) mass is 257 g/mol. The lowest BCUT2D eigenvalue weighted by atomic mass is 10.3. The van der Waals surface area contributed by atoms with E-state index in [1.165, 1.54) is 0 Å². The highest BCUT2D eigenvalue weighted by Crippen LogP contribution is 2.25. The molecule has 2 rings (SSSR count). The molecular formula is C9H12BrN3O. The highest BCUT2D eigenvalue weighted by Gasteiger charge is 2.14. The number of halogens is 1. The quantitative estimate of drug-likeness (QED) is 0.824. The minimum absolute atomic E-state index is 0.675. The van der Waals surface area contributed by atoms with E-state index in [0.29, 0.717) is 5.69 Å². The molecule has 0 radical (unpaired) electrons. The molecule has 4 nitrogen and oxygen atoms in total. The fourth-order valence-electron chi connectivity index (χ4n) is 1.45. The van der Waals surface area contributed by atoms with Crippen molar-refractivity contribution in [1.29, 1.82) is 0 Å². The summed E-state index contributed by atoms with van der Waals surface area (Å²) >= 11 is 3.46. The summed E-state index contributed by atoms with van der Waals surface area (Å²) in [6, 6.07) is 1.87. The average Bonchev–Trinajstić information content (AvgIpc) is 2.19. The Hall–Kier alpha value is -0.810. The number of nitrogen functional groups attached to an aromatic ring is 1. The van der Waals surface area contributed by atoms with Gasteiger partial charge in [0.25, 0.3) is 0 Å². The third kappa shape index (κ3) is 1.99. The summed E-state index contributed by atoms with van der Waals surface area (Å²) < 4.78 is 6.22. The van der Waals surface area contributed by atoms with Gasteiger partial charge < -0.3 is 15.4 Å². The largest absolute Gasteiger partial charge is 0.397 e. The molecule has 1 aliphatic heterocycles. The van der Waals surface area contributed by atoms with E-state index >= 15 is 0 Å². The Morgan fingerprint density at radius 1 is 1.43 bits per heavy atom. The van der Waals surface area contributed by atoms with Gasteiger partial charge in [-0.2, -0.15) is 0 Å². The maximum absolute atomic E-state index is 5.62. The molecule has 0 atom stereocenters. The molecule has 14 heavy (non-hydrogen) atoms. The normalized spacial score (nSPS) is 17.1. The van der Waals surface area contributed by atoms with E-state index in [9.17, 15) is 0 Å². The summed E-state index contributed by atoms with van der Waals surface area (Å²) in [4.78, 5) is 6.49. The molecule has 0 spiro atoms. The van der Waals surface area contributed by atoms with Crippen LogP contribution in [0.5, 0.6) is 0 Å². The minimum atomic E-state index is 0.675. The van der Waals surface area contributed by atoms with Gasteiger partial charge in [0.1, 0.15) is 5.82 Å². The molecule has 2 heterocycles. The second-order valence-corrected chi connectivity index (χ2v) is 4.03. The number of nitrogens with zero attached hydrogens (tertiary/aromatic N) is 2. The number of rotatable bonds is 1. The zero-order valence-electron chi connectivity index (χ0n) is 7.74. The van der Waals surface area contributed by atoms with E-state index < -0.39 is 0 Å². The highest BCUT2D eigenvalue weighted by atomic mass is 79.9. The first-order chi connectivity index (χ1) is 6.77. The van der Waals surface area contributed by atoms with Crippen LogP contribution in [0.2, 0.25) is 0 Å². The standard InChI is InChI=1S/C9H12BrN3O/c10-8-5-7(11)6-12-9(8)13-1-3-14-4-2-13/h5-6H,1-4,11H2. The van der Waals surface area contributed by atoms with Gasteiger partial charge in [-0.1, -0.05) is 0 Å². The molecule has 0 saturated carbocycles. The molecule has 1 aromatic rings. The molecule has 2 N–H and O–H groups in total. The molecule has 76 valence electrons. The Morgan fingerprint density at radius 3 is 2.79 bits per heavy atom. The second-order valence-electron chi connectivity index (χ2n) is 3.17. The lowest BCUT2D eigenvalue weighted by molar-refractivity contribution is 0.122. The molecule has 1 fully saturated rings. The lowest BCUT2D eigenvalue weighted by Crippen LogP contribution is -2.36. The van der Waals surface area contributed by atoms with Crippen LogP contribution in [-0.2, 0) is 4.74 Å². The number of pyridine rings is 1. The van der Waals surface area contributed by atoms with Crippen LogP contribution in [0.1, 0.15) is 0 Å². The molecule has 0 unspecified atom stereocenters. The van der Waals surface area contributed by atoms with Gasteiger partial charge in [0.05, 0.1) is 29.6 Å². The van der Waals surface area contributed by atoms with Gasteiger partial charge in [0, 0.05) is 13.1 Å². The van der Waals surface area contributed by atoms with Crippen molar-refractivity contribution in [2.24, 2.45) is 0 Å². The third-order valence-corrected chi connectivity index (χ3v) is 2.74. The van der Waals surface area contributed by atoms with Crippen LogP contribution < -0.4 is 10.6 Å². The van der Waals surface area contributed by atoms with E-state index in [1.54, 1.807) is 6.20 Å². The third-order valence-electron chi connectivity index (χ3n) is 2.15. The van der Waals surface area contributed by atoms with Gasteiger partial charge in [-0.3, -0.25) is 0 Å². The molecule has 0 aromatic carbocycles. The van der Waals surface area contributed by atoms with Crippen molar-refractivity contribution in [3.05, 3.63) is 16.7 Å². The Kier molecular flexibility index (Phi) is 2.88. The van der Waals surface area contributed by atoms with Crippen LogP contribution in [0.3, 0.4) is 0 Å². The Morgan fingerprint density at radius 2 is 2.14 bits per heavy atom. The predicted octanol–water partition coefficient (Wildman–Crippen LogP) is 1.26. The van der Waals surface area contributed by atoms with Crippen LogP contribution >= 0.6 is 15.9 Å². The van der Waals surface area contributed by atoms with E-state index in [-0.39, 0.29) is 0 Å². The van der Waals surface area contributed by atoms with Crippen molar-refractivity contribution in [2.75, 3.05) is 36.9 Å². The van der Waals surface area contributed by atoms with E-state index in [1.807, 2.05) is 6.07 Å². The van der Waals surface area contributed by atoms with Gasteiger partial charge >= 0.3 is 0 Å². The van der Waals surface area contributed by atoms with Crippen LogP contribution in [0.25, 0.3) is 0 Å². The molecule has 0 amide bonds. The maximum atomic E-state index is 5.62. The van der Waals surface area contributed by atoms with Crippen molar-refractivity contribution < 1.29 is 4.74 Å². The van der Waals surface area contributed by atoms with Crippen LogP contribution in [0, 0.1) is 0 Å². The van der Waals surface area contributed by atoms with Crippen LogP contribution in [0.15, 0.2) is 16.7 Å². The molecule has 0 bridgehead atoms. The minimum Gasteiger partial charge on any atom is -0.397 e. The lowest BCUT2D eigenvalue weighted by Gasteiger charge is -2.28. The Bertz CT molecular complexity index is 326. The molecule has 1 saturated heterocycles. The van der Waals surface area contributed by atoms with Crippen molar-refractivity contribution in [1.82, 2.24) is 4.98 Å². The molecule has 0 aliphatic carbocycles. The van der Waals surface area contributed by atoms with Crippen LogP contribution in [0.4, 0.5) is 11.5 Å². The summed E-state index contributed by atoms with van der Waals surface area (Å²) in [5.41, 5.74) is 6.30. The summed E-state index contributed by atoms with van der Waals surface area (Å²) in [5.74, 6) is 0.947. The van der Waals surface area contributed by atoms with Crippen LogP contribution in [-0.4, -0.2) is 31.3 Å². The summed E-state index contributed by atoms with van der Waals surface area (Å²) in [5, 5.41) is 0. The molecule has 1 aromatic heterocycles. The number of aromatic nitrogens is 1. The second kappa shape index (κ2) is 4.14. The topological polar surface area (TPSA) is 51.4 Å². The maximum Gasteiger partial charge on any atom is 0.143 e. The number of hydrogen-bond acceptors (Lipinski definition) is 4. The first-order valence-corrected chi connectivity index (χ1v) is 5.30. The summed E-state index contributed by atoms with van der Waals surface area (Å²) in [6.07, 6.45) is 1.68. The number of hydrogen-bond donors (Lipinski definition) is 1. The van der Waals surface area contributed by atoms with Crippen molar-refractivity contribution in [2.45, 2.75) is 0 Å². The van der Waals surface area contributed by atoms with E-state index in [0.717, 1.165) is 36.6 Å². The SMILES string of the molecule is Nc1cnc(N2CCOCC2)c(Br)c1. The fourth-order valence-corrected chi connectivity index (χ4v) is 2.07. The van der Waals surface area contributed by atoms with Crippen molar-refractivity contribution >= 4 is 27.4 Å². The van der Waals surface area contributed by atoms with E-state index in [2.05, 4.69) is 25.8 Å². The van der Waals surface area contributed by atoms with Crippen molar-refractivity contribution in [3.63, 3.8) is 0 Å². The smallest absolute Gasteiger partial charge is 0.143 e. The summed E-state index contributed by atoms with van der Waals surface area (Å²) in [7, 11) is 0. The van der Waals surface area contributed by atoms with E-state index in [4.69, 9.17) is 10.5 Å². The number of morpholine rings is 1. The van der Waals surface area contributed by atoms with Gasteiger partial charge in [-0.25, -0.2) is 4.98 Å². The molecule has 5 heteroatoms. The molecular weight excluding hydrogens is 246 g/mol. The Balaban J connectivity index is 2.22. The van der Waals surface area contributed by atoms with Gasteiger partial charge in [0.2, 0.25) is 0 Å².